The molecule has 0 atom stereocenters. The van der Waals surface area contributed by atoms with Gasteiger partial charge in [0.15, 0.2) is 11.5 Å². The van der Waals surface area contributed by atoms with E-state index >= 15 is 0 Å². The van der Waals surface area contributed by atoms with Gasteiger partial charge in [0.2, 0.25) is 11.8 Å². The van der Waals surface area contributed by atoms with Gasteiger partial charge in [-0.1, -0.05) is 30.3 Å². The maximum atomic E-state index is 11.8. The molecule has 1 aromatic carbocycles. The number of hydrogen-bond acceptors (Lipinski definition) is 6. The first kappa shape index (κ1) is 14.5. The molecular weight excluding hydrogens is 294 g/mol. The molecule has 0 saturated heterocycles. The lowest BCUT2D eigenvalue weighted by atomic mass is 9.98. The number of nitriles is 1. The molecule has 0 aliphatic heterocycles. The maximum absolute atomic E-state index is 11.8. The standard InChI is InChI=1S/C16H13N5O2/c1-9(22)21-15-13(14(18)20-21)12(10-6-4-3-5-7-10)11(8-17)16(19-15)23-2/h3-7H,1-2H3,(H2,18,20). The van der Waals surface area contributed by atoms with Crippen molar-refractivity contribution >= 4 is 22.8 Å². The number of rotatable bonds is 2. The van der Waals surface area contributed by atoms with Gasteiger partial charge in [-0.05, 0) is 5.56 Å². The highest BCUT2D eigenvalue weighted by Gasteiger charge is 2.24. The monoisotopic (exact) mass is 307 g/mol. The normalized spacial score (nSPS) is 10.5. The number of methoxy groups -OCH3 is 1. The second-order valence-corrected chi connectivity index (χ2v) is 4.86. The summed E-state index contributed by atoms with van der Waals surface area (Å²) >= 11 is 0. The van der Waals surface area contributed by atoms with E-state index in [-0.39, 0.29) is 28.8 Å². The maximum Gasteiger partial charge on any atom is 0.245 e. The average Bonchev–Trinajstić information content (AvgIpc) is 2.90. The van der Waals surface area contributed by atoms with Gasteiger partial charge in [0.25, 0.3) is 0 Å². The van der Waals surface area contributed by atoms with Crippen LogP contribution < -0.4 is 10.5 Å². The van der Waals surface area contributed by atoms with E-state index in [1.165, 1.54) is 14.0 Å². The molecule has 0 fully saturated rings. The molecule has 2 aromatic heterocycles. The quantitative estimate of drug-likeness (QED) is 0.778. The van der Waals surface area contributed by atoms with E-state index in [0.717, 1.165) is 10.2 Å². The van der Waals surface area contributed by atoms with Crippen LogP contribution in [0.4, 0.5) is 5.82 Å². The Morgan fingerprint density at radius 2 is 2.04 bits per heavy atom. The van der Waals surface area contributed by atoms with Gasteiger partial charge in [-0.3, -0.25) is 4.79 Å². The molecule has 0 aliphatic carbocycles. The van der Waals surface area contributed by atoms with Gasteiger partial charge in [-0.15, -0.1) is 5.10 Å². The van der Waals surface area contributed by atoms with Crippen LogP contribution in [0.5, 0.6) is 5.88 Å². The summed E-state index contributed by atoms with van der Waals surface area (Å²) in [5.41, 5.74) is 7.84. The first-order chi connectivity index (χ1) is 11.1. The van der Waals surface area contributed by atoms with Crippen molar-refractivity contribution in [2.45, 2.75) is 6.92 Å². The Kier molecular flexibility index (Phi) is 3.43. The summed E-state index contributed by atoms with van der Waals surface area (Å²) in [5, 5.41) is 14.1. The predicted octanol–water partition coefficient (Wildman–Crippen LogP) is 2.22. The lowest BCUT2D eigenvalue weighted by molar-refractivity contribution is 0.0926. The third-order valence-corrected chi connectivity index (χ3v) is 3.48. The minimum absolute atomic E-state index is 0.126. The SMILES string of the molecule is COc1nc2c(c(N)nn2C(C)=O)c(-c2ccccc2)c1C#N. The molecule has 2 N–H and O–H groups in total. The molecule has 23 heavy (non-hydrogen) atoms. The number of aromatic nitrogens is 3. The van der Waals surface area contributed by atoms with Crippen LogP contribution in [-0.2, 0) is 0 Å². The van der Waals surface area contributed by atoms with E-state index in [9.17, 15) is 10.1 Å². The molecule has 7 nitrogen and oxygen atoms in total. The Labute approximate surface area is 131 Å². The number of benzene rings is 1. The van der Waals surface area contributed by atoms with Crippen molar-refractivity contribution in [3.05, 3.63) is 35.9 Å². The fraction of sp³-hybridized carbons (Fsp3) is 0.125. The molecule has 2 heterocycles. The highest BCUT2D eigenvalue weighted by atomic mass is 16.5. The zero-order valence-electron chi connectivity index (χ0n) is 12.6. The van der Waals surface area contributed by atoms with E-state index in [1.54, 1.807) is 0 Å². The number of hydrogen-bond donors (Lipinski definition) is 1. The van der Waals surface area contributed by atoms with Gasteiger partial charge in [-0.25, -0.2) is 0 Å². The molecule has 114 valence electrons. The molecule has 0 bridgehead atoms. The number of nitrogen functional groups attached to an aromatic ring is 1. The molecule has 7 heteroatoms. The third-order valence-electron chi connectivity index (χ3n) is 3.48. The molecule has 0 amide bonds. The predicted molar refractivity (Wildman–Crippen MR) is 84.9 cm³/mol. The summed E-state index contributed by atoms with van der Waals surface area (Å²) < 4.78 is 6.34. The Morgan fingerprint density at radius 3 is 2.61 bits per heavy atom. The highest BCUT2D eigenvalue weighted by Crippen LogP contribution is 2.38. The molecule has 0 saturated carbocycles. The summed E-state index contributed by atoms with van der Waals surface area (Å²) in [5.74, 6) is -0.0630. The van der Waals surface area contributed by atoms with Crippen molar-refractivity contribution in [2.75, 3.05) is 12.8 Å². The summed E-state index contributed by atoms with van der Waals surface area (Å²) in [6.07, 6.45) is 0. The number of anilines is 1. The van der Waals surface area contributed by atoms with Crippen LogP contribution in [0.25, 0.3) is 22.2 Å². The highest BCUT2D eigenvalue weighted by molar-refractivity contribution is 6.05. The van der Waals surface area contributed by atoms with Crippen LogP contribution >= 0.6 is 0 Å². The minimum Gasteiger partial charge on any atom is -0.480 e. The summed E-state index contributed by atoms with van der Waals surface area (Å²) in [7, 11) is 1.42. The van der Waals surface area contributed by atoms with Crippen molar-refractivity contribution in [2.24, 2.45) is 0 Å². The minimum atomic E-state index is -0.329. The zero-order chi connectivity index (χ0) is 16.6. The number of nitrogens with two attached hydrogens (primary N) is 1. The summed E-state index contributed by atoms with van der Waals surface area (Å²) in [6.45, 7) is 1.36. The molecule has 3 aromatic rings. The number of carbonyl (C=O) groups excluding carboxylic acids is 1. The van der Waals surface area contributed by atoms with Gasteiger partial charge in [-0.2, -0.15) is 14.9 Å². The molecule has 0 spiro atoms. The first-order valence-electron chi connectivity index (χ1n) is 6.81. The van der Waals surface area contributed by atoms with E-state index < -0.39 is 0 Å². The zero-order valence-corrected chi connectivity index (χ0v) is 12.6. The number of ether oxygens (including phenoxy) is 1. The molecule has 0 aliphatic rings. The van der Waals surface area contributed by atoms with Crippen LogP contribution in [0.3, 0.4) is 0 Å². The lowest BCUT2D eigenvalue weighted by Gasteiger charge is -2.10. The van der Waals surface area contributed by atoms with E-state index in [1.807, 2.05) is 30.3 Å². The summed E-state index contributed by atoms with van der Waals surface area (Å²) in [4.78, 5) is 16.0. The number of carbonyl (C=O) groups is 1. The average molecular weight is 307 g/mol. The fourth-order valence-corrected chi connectivity index (χ4v) is 2.52. The van der Waals surface area contributed by atoms with Gasteiger partial charge >= 0.3 is 0 Å². The Morgan fingerprint density at radius 1 is 1.35 bits per heavy atom. The Hall–Kier alpha value is -3.40. The van der Waals surface area contributed by atoms with Crippen LogP contribution in [0, 0.1) is 11.3 Å². The number of nitrogens with zero attached hydrogens (tertiary/aromatic N) is 4. The van der Waals surface area contributed by atoms with Gasteiger partial charge in [0.05, 0.1) is 12.5 Å². The number of fused-ring (bicyclic) bond motifs is 1. The molecule has 3 rings (SSSR count). The lowest BCUT2D eigenvalue weighted by Crippen LogP contribution is -2.09. The Balaban J connectivity index is 2.54. The van der Waals surface area contributed by atoms with Gasteiger partial charge < -0.3 is 10.5 Å². The van der Waals surface area contributed by atoms with Gasteiger partial charge in [0, 0.05) is 12.5 Å². The molecule has 0 unspecified atom stereocenters. The largest absolute Gasteiger partial charge is 0.480 e. The van der Waals surface area contributed by atoms with Crippen molar-refractivity contribution in [3.8, 4) is 23.1 Å². The number of pyridine rings is 1. The van der Waals surface area contributed by atoms with Crippen molar-refractivity contribution in [1.29, 1.82) is 5.26 Å². The van der Waals surface area contributed by atoms with Gasteiger partial charge in [0.1, 0.15) is 11.6 Å². The topological polar surface area (TPSA) is 107 Å². The van der Waals surface area contributed by atoms with E-state index in [0.29, 0.717) is 10.9 Å². The Bertz CT molecular complexity index is 954. The summed E-state index contributed by atoms with van der Waals surface area (Å²) in [6, 6.07) is 11.4. The second-order valence-electron chi connectivity index (χ2n) is 4.86. The fourth-order valence-electron chi connectivity index (χ4n) is 2.52. The third kappa shape index (κ3) is 2.17. The van der Waals surface area contributed by atoms with E-state index in [4.69, 9.17) is 10.5 Å². The van der Waals surface area contributed by atoms with Crippen LogP contribution in [-0.4, -0.2) is 27.8 Å². The second kappa shape index (κ2) is 5.42. The van der Waals surface area contributed by atoms with Crippen molar-refractivity contribution in [1.82, 2.24) is 14.8 Å². The van der Waals surface area contributed by atoms with Crippen LogP contribution in [0.1, 0.15) is 17.3 Å². The van der Waals surface area contributed by atoms with E-state index in [2.05, 4.69) is 16.2 Å². The van der Waals surface area contributed by atoms with Crippen molar-refractivity contribution < 1.29 is 9.53 Å². The molecule has 0 radical (unpaired) electrons. The smallest absolute Gasteiger partial charge is 0.245 e. The molecular formula is C16H13N5O2. The van der Waals surface area contributed by atoms with Crippen LogP contribution in [0.2, 0.25) is 0 Å². The van der Waals surface area contributed by atoms with Crippen LogP contribution in [0.15, 0.2) is 30.3 Å². The first-order valence-corrected chi connectivity index (χ1v) is 6.81. The van der Waals surface area contributed by atoms with Crippen molar-refractivity contribution in [3.63, 3.8) is 0 Å².